The second-order valence-electron chi connectivity index (χ2n) is 5.58. The van der Waals surface area contributed by atoms with Crippen LogP contribution in [0.1, 0.15) is 18.7 Å². The van der Waals surface area contributed by atoms with Crippen LogP contribution in [0.5, 0.6) is 0 Å². The molecular weight excluding hydrogens is 352 g/mol. The lowest BCUT2D eigenvalue weighted by Gasteiger charge is -2.34. The van der Waals surface area contributed by atoms with Gasteiger partial charge in [0.1, 0.15) is 0 Å². The number of hydrogen-bond donors (Lipinski definition) is 3. The van der Waals surface area contributed by atoms with Crippen molar-refractivity contribution in [3.8, 4) is 0 Å². The third kappa shape index (κ3) is 3.47. The van der Waals surface area contributed by atoms with Crippen molar-refractivity contribution in [2.24, 2.45) is 0 Å². The lowest BCUT2D eigenvalue weighted by molar-refractivity contribution is -0.120. The van der Waals surface area contributed by atoms with Gasteiger partial charge in [0.25, 0.3) is 0 Å². The van der Waals surface area contributed by atoms with Crippen LogP contribution in [0.2, 0.25) is 5.02 Å². The van der Waals surface area contributed by atoms with Crippen LogP contribution in [0.25, 0.3) is 0 Å². The van der Waals surface area contributed by atoms with E-state index in [0.717, 1.165) is 16.3 Å². The summed E-state index contributed by atoms with van der Waals surface area (Å²) in [5, 5.41) is 9.62. The van der Waals surface area contributed by atoms with E-state index in [9.17, 15) is 4.79 Å². The number of thiazole rings is 1. The maximum absolute atomic E-state index is 11.7. The molecule has 0 radical (unpaired) electrons. The molecular formula is C15H17ClN4OS2. The van der Waals surface area contributed by atoms with Gasteiger partial charge in [-0.05, 0) is 19.1 Å². The minimum absolute atomic E-state index is 0.127. The lowest BCUT2D eigenvalue weighted by atomic mass is 10.0. The van der Waals surface area contributed by atoms with Gasteiger partial charge < -0.3 is 10.6 Å². The van der Waals surface area contributed by atoms with E-state index in [4.69, 9.17) is 11.6 Å². The molecule has 8 heteroatoms. The summed E-state index contributed by atoms with van der Waals surface area (Å²) in [5.74, 6) is 0.658. The molecule has 0 bridgehead atoms. The third-order valence-electron chi connectivity index (χ3n) is 3.54. The zero-order valence-electron chi connectivity index (χ0n) is 12.7. The van der Waals surface area contributed by atoms with E-state index in [0.29, 0.717) is 5.02 Å². The van der Waals surface area contributed by atoms with Crippen molar-refractivity contribution in [3.05, 3.63) is 45.9 Å². The first kappa shape index (κ1) is 16.6. The van der Waals surface area contributed by atoms with E-state index in [2.05, 4.69) is 27.9 Å². The standard InChI is InChI=1S/C15H17ClN4OS2/c1-10(21)18-15(19-12-6-4-3-5-11(12)16)20-14(2,8-23-15)13-7-17-9-22-13/h3-7,9,19-20H,8H2,1-2H3,(H,18,21). The molecule has 122 valence electrons. The van der Waals surface area contributed by atoms with E-state index in [-0.39, 0.29) is 11.4 Å². The molecule has 1 fully saturated rings. The van der Waals surface area contributed by atoms with Gasteiger partial charge in [-0.25, -0.2) is 0 Å². The average Bonchev–Trinajstić information content (AvgIpc) is 3.11. The molecule has 1 aliphatic rings. The summed E-state index contributed by atoms with van der Waals surface area (Å²) in [4.78, 5) is 17.0. The Labute approximate surface area is 148 Å². The number of rotatable bonds is 4. The van der Waals surface area contributed by atoms with Crippen molar-refractivity contribution in [1.82, 2.24) is 15.6 Å². The Morgan fingerprint density at radius 2 is 2.22 bits per heavy atom. The first-order chi connectivity index (χ1) is 10.9. The Morgan fingerprint density at radius 3 is 2.87 bits per heavy atom. The molecule has 2 heterocycles. The number of thioether (sulfide) groups is 1. The number of carbonyl (C=O) groups excluding carboxylic acids is 1. The van der Waals surface area contributed by atoms with E-state index in [1.54, 1.807) is 23.1 Å². The van der Waals surface area contributed by atoms with Crippen molar-refractivity contribution in [2.75, 3.05) is 11.1 Å². The second kappa shape index (κ2) is 6.32. The van der Waals surface area contributed by atoms with E-state index in [1.165, 1.54) is 6.92 Å². The third-order valence-corrected chi connectivity index (χ3v) is 6.37. The Hall–Kier alpha value is -1.28. The van der Waals surface area contributed by atoms with E-state index < -0.39 is 5.12 Å². The molecule has 2 unspecified atom stereocenters. The fourth-order valence-corrected chi connectivity index (χ4v) is 4.94. The lowest BCUT2D eigenvalue weighted by Crippen LogP contribution is -2.61. The fourth-order valence-electron chi connectivity index (χ4n) is 2.50. The fraction of sp³-hybridized carbons (Fsp3) is 0.333. The molecule has 1 aliphatic heterocycles. The SMILES string of the molecule is CC(=O)NC1(Nc2ccccc2Cl)NC(C)(c2cncs2)CS1. The number of amides is 1. The zero-order chi connectivity index (χ0) is 16.5. The summed E-state index contributed by atoms with van der Waals surface area (Å²) in [6.45, 7) is 3.60. The quantitative estimate of drug-likeness (QED) is 0.723. The zero-order valence-corrected chi connectivity index (χ0v) is 15.1. The monoisotopic (exact) mass is 368 g/mol. The number of anilines is 1. The number of halogens is 1. The number of aromatic nitrogens is 1. The first-order valence-corrected chi connectivity index (χ1v) is 9.30. The molecule has 0 spiro atoms. The highest BCUT2D eigenvalue weighted by Gasteiger charge is 2.48. The van der Waals surface area contributed by atoms with Gasteiger partial charge in [-0.2, -0.15) is 0 Å². The van der Waals surface area contributed by atoms with Crippen LogP contribution in [0.15, 0.2) is 36.0 Å². The van der Waals surface area contributed by atoms with Gasteiger partial charge in [0.15, 0.2) is 0 Å². The Balaban J connectivity index is 1.90. The van der Waals surface area contributed by atoms with E-state index in [1.807, 2.05) is 36.0 Å². The minimum atomic E-state index is -0.824. The Morgan fingerprint density at radius 1 is 1.43 bits per heavy atom. The molecule has 1 aromatic heterocycles. The van der Waals surface area contributed by atoms with Gasteiger partial charge in [-0.3, -0.25) is 15.1 Å². The average molecular weight is 369 g/mol. The number of hydrogen-bond acceptors (Lipinski definition) is 6. The number of carbonyl (C=O) groups is 1. The molecule has 0 aliphatic carbocycles. The molecule has 3 N–H and O–H groups in total. The highest BCUT2D eigenvalue weighted by atomic mass is 35.5. The molecule has 2 aromatic rings. The summed E-state index contributed by atoms with van der Waals surface area (Å²) in [5.41, 5.74) is 2.28. The molecule has 1 saturated heterocycles. The van der Waals surface area contributed by atoms with Crippen LogP contribution in [0.4, 0.5) is 5.69 Å². The maximum Gasteiger partial charge on any atom is 0.220 e. The van der Waals surface area contributed by atoms with Crippen molar-refractivity contribution >= 4 is 46.3 Å². The highest BCUT2D eigenvalue weighted by molar-refractivity contribution is 8.01. The molecule has 1 amide bonds. The number of para-hydroxylation sites is 1. The van der Waals surface area contributed by atoms with Gasteiger partial charge in [-0.1, -0.05) is 35.5 Å². The van der Waals surface area contributed by atoms with Gasteiger partial charge in [-0.15, -0.1) is 11.3 Å². The van der Waals surface area contributed by atoms with Gasteiger partial charge in [0.05, 0.1) is 21.8 Å². The minimum Gasteiger partial charge on any atom is -0.340 e. The second-order valence-corrected chi connectivity index (χ2v) is 8.06. The number of nitrogens with one attached hydrogen (secondary N) is 3. The summed E-state index contributed by atoms with van der Waals surface area (Å²) < 4.78 is 0. The Bertz CT molecular complexity index is 711. The van der Waals surface area contributed by atoms with Gasteiger partial charge in [0, 0.05) is 23.8 Å². The summed E-state index contributed by atoms with van der Waals surface area (Å²) in [7, 11) is 0. The predicted octanol–water partition coefficient (Wildman–Crippen LogP) is 3.21. The molecule has 5 nitrogen and oxygen atoms in total. The number of benzene rings is 1. The summed E-state index contributed by atoms with van der Waals surface area (Å²) in [6, 6.07) is 7.47. The number of nitrogens with zero attached hydrogens (tertiary/aromatic N) is 1. The van der Waals surface area contributed by atoms with Gasteiger partial charge in [0.2, 0.25) is 11.0 Å². The van der Waals surface area contributed by atoms with Crippen molar-refractivity contribution < 1.29 is 4.79 Å². The normalized spacial score (nSPS) is 26.9. The molecule has 3 rings (SSSR count). The molecule has 0 saturated carbocycles. The largest absolute Gasteiger partial charge is 0.340 e. The predicted molar refractivity (Wildman–Crippen MR) is 96.7 cm³/mol. The smallest absolute Gasteiger partial charge is 0.220 e. The maximum atomic E-state index is 11.7. The van der Waals surface area contributed by atoms with Crippen LogP contribution in [0.3, 0.4) is 0 Å². The highest BCUT2D eigenvalue weighted by Crippen LogP contribution is 2.42. The molecule has 23 heavy (non-hydrogen) atoms. The summed E-state index contributed by atoms with van der Waals surface area (Å²) in [6.07, 6.45) is 1.86. The van der Waals surface area contributed by atoms with E-state index >= 15 is 0 Å². The Kier molecular flexibility index (Phi) is 4.55. The van der Waals surface area contributed by atoms with Crippen LogP contribution < -0.4 is 16.0 Å². The van der Waals surface area contributed by atoms with Crippen molar-refractivity contribution in [3.63, 3.8) is 0 Å². The first-order valence-electron chi connectivity index (χ1n) is 7.06. The molecule has 1 aromatic carbocycles. The van der Waals surface area contributed by atoms with Crippen LogP contribution in [0, 0.1) is 0 Å². The van der Waals surface area contributed by atoms with Crippen molar-refractivity contribution in [2.45, 2.75) is 24.5 Å². The molecule has 2 atom stereocenters. The van der Waals surface area contributed by atoms with Gasteiger partial charge >= 0.3 is 0 Å². The summed E-state index contributed by atoms with van der Waals surface area (Å²) >= 11 is 9.44. The van der Waals surface area contributed by atoms with Crippen LogP contribution in [-0.4, -0.2) is 21.8 Å². The van der Waals surface area contributed by atoms with Crippen LogP contribution >= 0.6 is 34.7 Å². The topological polar surface area (TPSA) is 66.1 Å². The van der Waals surface area contributed by atoms with Crippen LogP contribution in [-0.2, 0) is 10.3 Å². The van der Waals surface area contributed by atoms with Crippen molar-refractivity contribution in [1.29, 1.82) is 0 Å².